The number of nitrogens with zero attached hydrogens (tertiary/aromatic N) is 4. The highest BCUT2D eigenvalue weighted by molar-refractivity contribution is 7.91. The van der Waals surface area contributed by atoms with Gasteiger partial charge < -0.3 is 20.3 Å². The van der Waals surface area contributed by atoms with Crippen molar-refractivity contribution in [3.63, 3.8) is 0 Å². The molecule has 10 heteroatoms. The van der Waals surface area contributed by atoms with Gasteiger partial charge in [0.1, 0.15) is 29.8 Å². The van der Waals surface area contributed by atoms with Gasteiger partial charge in [-0.2, -0.15) is 0 Å². The zero-order valence-electron chi connectivity index (χ0n) is 20.7. The molecule has 0 radical (unpaired) electrons. The van der Waals surface area contributed by atoms with E-state index in [1.165, 1.54) is 30.4 Å². The first-order valence-corrected chi connectivity index (χ1v) is 15.1. The zero-order valence-corrected chi connectivity index (χ0v) is 21.6. The summed E-state index contributed by atoms with van der Waals surface area (Å²) in [6.07, 6.45) is 4.99. The van der Waals surface area contributed by atoms with Gasteiger partial charge in [-0.25, -0.2) is 18.4 Å². The monoisotopic (exact) mass is 510 g/mol. The second-order valence-electron chi connectivity index (χ2n) is 11.0. The lowest BCUT2D eigenvalue weighted by molar-refractivity contribution is 0.101. The summed E-state index contributed by atoms with van der Waals surface area (Å²) in [5.41, 5.74) is 4.60. The molecule has 2 N–H and O–H groups in total. The predicted octanol–water partition coefficient (Wildman–Crippen LogP) is 2.55. The molecule has 1 aromatic carbocycles. The highest BCUT2D eigenvalue weighted by Gasteiger charge is 2.38. The number of nitrogens with one attached hydrogen (secondary N) is 2. The van der Waals surface area contributed by atoms with Gasteiger partial charge in [-0.3, -0.25) is 4.90 Å². The van der Waals surface area contributed by atoms with Gasteiger partial charge in [0.15, 0.2) is 9.84 Å². The van der Waals surface area contributed by atoms with E-state index >= 15 is 0 Å². The molecule has 9 nitrogen and oxygen atoms in total. The number of anilines is 3. The van der Waals surface area contributed by atoms with Crippen molar-refractivity contribution in [2.75, 3.05) is 61.0 Å². The van der Waals surface area contributed by atoms with Crippen molar-refractivity contribution in [3.8, 4) is 5.75 Å². The Bertz CT molecular complexity index is 1270. The molecule has 5 heterocycles. The van der Waals surface area contributed by atoms with Crippen LogP contribution in [0.25, 0.3) is 0 Å². The summed E-state index contributed by atoms with van der Waals surface area (Å²) < 4.78 is 30.7. The van der Waals surface area contributed by atoms with Crippen LogP contribution in [0.15, 0.2) is 18.5 Å². The molecule has 7 rings (SSSR count). The lowest BCUT2D eigenvalue weighted by atomic mass is 9.87. The van der Waals surface area contributed by atoms with Gasteiger partial charge in [0.05, 0.1) is 22.8 Å². The fraction of sp³-hybridized carbons (Fsp3) is 0.615. The summed E-state index contributed by atoms with van der Waals surface area (Å²) in [7, 11) is -2.98. The Morgan fingerprint density at radius 2 is 1.86 bits per heavy atom. The molecule has 0 bridgehead atoms. The highest BCUT2D eigenvalue weighted by Crippen LogP contribution is 2.52. The number of ether oxygens (including phenoxy) is 1. The van der Waals surface area contributed by atoms with Gasteiger partial charge in [-0.1, -0.05) is 6.07 Å². The second-order valence-corrected chi connectivity index (χ2v) is 13.3. The Morgan fingerprint density at radius 1 is 1.06 bits per heavy atom. The Kier molecular flexibility index (Phi) is 5.41. The third-order valence-corrected chi connectivity index (χ3v) is 10.2. The quantitative estimate of drug-likeness (QED) is 0.643. The van der Waals surface area contributed by atoms with Crippen LogP contribution in [0.2, 0.25) is 0 Å². The normalized spacial score (nSPS) is 27.9. The molecule has 192 valence electrons. The number of fused-ring (bicyclic) bond motifs is 2. The molecule has 36 heavy (non-hydrogen) atoms. The molecule has 1 unspecified atom stereocenters. The maximum atomic E-state index is 12.0. The van der Waals surface area contributed by atoms with Crippen LogP contribution < -0.4 is 20.3 Å². The minimum absolute atomic E-state index is 0.152. The number of likely N-dealkylation sites (tertiary alicyclic amines) is 1. The van der Waals surface area contributed by atoms with Crippen molar-refractivity contribution >= 4 is 27.2 Å². The van der Waals surface area contributed by atoms with E-state index in [0.717, 1.165) is 54.8 Å². The van der Waals surface area contributed by atoms with Gasteiger partial charge in [0.25, 0.3) is 0 Å². The third-order valence-electron chi connectivity index (χ3n) is 8.55. The predicted molar refractivity (Wildman–Crippen MR) is 139 cm³/mol. The summed E-state index contributed by atoms with van der Waals surface area (Å²) in [6.45, 7) is 7.41. The smallest absolute Gasteiger partial charge is 0.153 e. The van der Waals surface area contributed by atoms with E-state index in [9.17, 15) is 8.42 Å². The molecule has 0 amide bonds. The lowest BCUT2D eigenvalue weighted by Gasteiger charge is -2.43. The van der Waals surface area contributed by atoms with Crippen LogP contribution >= 0.6 is 0 Å². The van der Waals surface area contributed by atoms with Gasteiger partial charge in [-0.15, -0.1) is 0 Å². The molecule has 1 aromatic heterocycles. The van der Waals surface area contributed by atoms with Crippen molar-refractivity contribution < 1.29 is 13.2 Å². The van der Waals surface area contributed by atoms with Crippen LogP contribution in [-0.4, -0.2) is 80.1 Å². The Morgan fingerprint density at radius 3 is 2.58 bits per heavy atom. The first kappa shape index (κ1) is 22.7. The largest absolute Gasteiger partial charge is 0.483 e. The molecule has 1 saturated carbocycles. The first-order chi connectivity index (χ1) is 17.4. The summed E-state index contributed by atoms with van der Waals surface area (Å²) in [5, 5.41) is 7.11. The first-order valence-electron chi connectivity index (χ1n) is 13.3. The van der Waals surface area contributed by atoms with E-state index in [2.05, 4.69) is 42.5 Å². The summed E-state index contributed by atoms with van der Waals surface area (Å²) in [4.78, 5) is 13.9. The number of benzene rings is 1. The van der Waals surface area contributed by atoms with Gasteiger partial charge in [0.2, 0.25) is 0 Å². The fourth-order valence-electron chi connectivity index (χ4n) is 6.20. The second kappa shape index (κ2) is 8.56. The number of aromatic nitrogens is 2. The minimum atomic E-state index is -2.98. The Hall–Kier alpha value is -2.43. The molecule has 2 aromatic rings. The molecule has 5 aliphatic rings. The van der Waals surface area contributed by atoms with Crippen molar-refractivity contribution in [1.29, 1.82) is 0 Å². The van der Waals surface area contributed by atoms with E-state index in [4.69, 9.17) is 4.74 Å². The number of hydrogen-bond acceptors (Lipinski definition) is 9. The average molecular weight is 511 g/mol. The third kappa shape index (κ3) is 4.03. The van der Waals surface area contributed by atoms with E-state index in [1.54, 1.807) is 6.33 Å². The van der Waals surface area contributed by atoms with Crippen LogP contribution in [-0.2, 0) is 9.84 Å². The van der Waals surface area contributed by atoms with Gasteiger partial charge in [-0.05, 0) is 55.8 Å². The van der Waals surface area contributed by atoms with Crippen LogP contribution in [0, 0.1) is 0 Å². The summed E-state index contributed by atoms with van der Waals surface area (Å²) in [5.74, 6) is 3.88. The molecule has 2 atom stereocenters. The molecule has 0 spiro atoms. The van der Waals surface area contributed by atoms with E-state index in [1.807, 2.05) is 6.92 Å². The molecular weight excluding hydrogens is 476 g/mol. The molecule has 4 fully saturated rings. The number of hydrogen-bond donors (Lipinski definition) is 2. The Balaban J connectivity index is 1.21. The summed E-state index contributed by atoms with van der Waals surface area (Å²) in [6, 6.07) is 5.35. The van der Waals surface area contributed by atoms with Gasteiger partial charge >= 0.3 is 0 Å². The van der Waals surface area contributed by atoms with Crippen molar-refractivity contribution in [2.24, 2.45) is 0 Å². The molecule has 1 aliphatic carbocycles. The van der Waals surface area contributed by atoms with E-state index < -0.39 is 9.84 Å². The maximum absolute atomic E-state index is 12.0. The van der Waals surface area contributed by atoms with Crippen LogP contribution in [0.5, 0.6) is 5.75 Å². The highest BCUT2D eigenvalue weighted by atomic mass is 32.2. The van der Waals surface area contributed by atoms with Crippen LogP contribution in [0.3, 0.4) is 0 Å². The topological polar surface area (TPSA) is 99.7 Å². The van der Waals surface area contributed by atoms with Crippen LogP contribution in [0.4, 0.5) is 17.3 Å². The number of rotatable bonds is 4. The Labute approximate surface area is 212 Å². The van der Waals surface area contributed by atoms with Gasteiger partial charge in [0, 0.05) is 44.7 Å². The van der Waals surface area contributed by atoms with E-state index in [0.29, 0.717) is 31.0 Å². The maximum Gasteiger partial charge on any atom is 0.153 e. The SMILES string of the molecule is C[C@@H]1Oc2c(cc(C3CN(C4CCNC4)C3)cc2C2CC2)Nc2ncnc(N3CCS(=O)(=O)CC3)c21. The van der Waals surface area contributed by atoms with Crippen molar-refractivity contribution in [1.82, 2.24) is 20.2 Å². The van der Waals surface area contributed by atoms with E-state index in [-0.39, 0.29) is 17.6 Å². The summed E-state index contributed by atoms with van der Waals surface area (Å²) >= 11 is 0. The molecular formula is C26H34N6O3S. The number of sulfone groups is 1. The zero-order chi connectivity index (χ0) is 24.4. The molecule has 3 saturated heterocycles. The average Bonchev–Trinajstić information content (AvgIpc) is 3.56. The molecule has 4 aliphatic heterocycles. The van der Waals surface area contributed by atoms with Crippen molar-refractivity contribution in [3.05, 3.63) is 35.2 Å². The fourth-order valence-corrected chi connectivity index (χ4v) is 7.41. The van der Waals surface area contributed by atoms with Crippen molar-refractivity contribution in [2.45, 2.75) is 50.2 Å². The lowest BCUT2D eigenvalue weighted by Crippen LogP contribution is -2.51. The standard InChI is InChI=1S/C26H34N6O3S/c1-16-23-25(28-15-29-26(23)31-6-8-36(33,34)9-7-31)30-22-11-18(10-21(17-2-3-17)24(22)35-16)19-13-32(14-19)20-4-5-27-12-20/h10-11,15-17,19-20,27H,2-9,12-14H2,1H3,(H,28,29,30)/t16-,20?/m0/s1. The minimum Gasteiger partial charge on any atom is -0.483 e. The van der Waals surface area contributed by atoms with Crippen LogP contribution in [0.1, 0.15) is 60.8 Å².